The summed E-state index contributed by atoms with van der Waals surface area (Å²) in [5, 5.41) is 79.7. The van der Waals surface area contributed by atoms with E-state index in [-0.39, 0.29) is 106 Å². The van der Waals surface area contributed by atoms with E-state index in [2.05, 4.69) is 9.97 Å². The summed E-state index contributed by atoms with van der Waals surface area (Å²) in [7, 11) is 0. The topological polar surface area (TPSA) is 293 Å². The van der Waals surface area contributed by atoms with E-state index in [0.29, 0.717) is 89.4 Å². The van der Waals surface area contributed by atoms with Crippen molar-refractivity contribution >= 4 is 44.4 Å². The van der Waals surface area contributed by atoms with E-state index in [1.807, 2.05) is 79.7 Å². The minimum atomic E-state index is -0.677. The molecule has 402 valence electrons. The molecule has 5 rings (SSSR count). The zero-order valence-electron chi connectivity index (χ0n) is 43.0. The van der Waals surface area contributed by atoms with Gasteiger partial charge in [0, 0.05) is 66.6 Å². The van der Waals surface area contributed by atoms with Gasteiger partial charge in [0.2, 0.25) is 0 Å². The van der Waals surface area contributed by atoms with Crippen LogP contribution < -0.4 is 0 Å². The van der Waals surface area contributed by atoms with Gasteiger partial charge in [-0.15, -0.1) is 0 Å². The fraction of sp³-hybridized carbons (Fsp3) is 0.615. The molecule has 0 fully saturated rings. The molecule has 2 aliphatic rings. The lowest BCUT2D eigenvalue weighted by molar-refractivity contribution is 0.0268. The van der Waals surface area contributed by atoms with Gasteiger partial charge in [0.25, 0.3) is 0 Å². The zero-order chi connectivity index (χ0) is 52.5. The van der Waals surface area contributed by atoms with Gasteiger partial charge in [-0.1, -0.05) is 0 Å². The largest absolute Gasteiger partial charge is 0.394 e. The Morgan fingerprint density at radius 1 is 0.306 bits per heavy atom. The van der Waals surface area contributed by atoms with Gasteiger partial charge in [0.05, 0.1) is 177 Å². The lowest BCUT2D eigenvalue weighted by Crippen LogP contribution is -2.19. The maximum Gasteiger partial charge on any atom is 0.0823 e. The summed E-state index contributed by atoms with van der Waals surface area (Å²) in [5.41, 5.74) is 9.27. The monoisotopic (exact) mass is 1010 g/mol. The van der Waals surface area contributed by atoms with Crippen molar-refractivity contribution in [3.63, 3.8) is 0 Å². The number of aromatic nitrogens is 4. The van der Waals surface area contributed by atoms with Crippen molar-refractivity contribution in [2.45, 2.75) is 104 Å². The summed E-state index contributed by atoms with van der Waals surface area (Å²) >= 11 is 0. The van der Waals surface area contributed by atoms with E-state index < -0.39 is 48.8 Å². The third kappa shape index (κ3) is 14.2. The molecule has 10 N–H and O–H groups in total. The predicted molar refractivity (Wildman–Crippen MR) is 270 cm³/mol. The summed E-state index contributed by atoms with van der Waals surface area (Å²) < 4.78 is 50.1. The molecule has 0 aromatic carbocycles. The van der Waals surface area contributed by atoms with E-state index in [4.69, 9.17) is 47.9 Å². The third-order valence-corrected chi connectivity index (χ3v) is 12.5. The average molecular weight is 1020 g/mol. The van der Waals surface area contributed by atoms with Crippen molar-refractivity contribution in [1.82, 2.24) is 19.9 Å². The van der Waals surface area contributed by atoms with Crippen LogP contribution in [0.15, 0.2) is 24.3 Å². The fourth-order valence-corrected chi connectivity index (χ4v) is 9.60. The van der Waals surface area contributed by atoms with Crippen LogP contribution in [0.25, 0.3) is 44.4 Å². The molecule has 5 heterocycles. The van der Waals surface area contributed by atoms with E-state index >= 15 is 0 Å². The molecule has 8 unspecified atom stereocenters. The Bertz CT molecular complexity index is 2260. The van der Waals surface area contributed by atoms with Crippen molar-refractivity contribution in [3.05, 3.63) is 69.3 Å². The molecule has 0 saturated heterocycles. The highest BCUT2D eigenvalue weighted by molar-refractivity contribution is 5.99. The number of hydrogen-bond acceptors (Lipinski definition) is 18. The lowest BCUT2D eigenvalue weighted by Gasteiger charge is -2.22. The Morgan fingerprint density at radius 2 is 0.500 bits per heavy atom. The molecular weight excluding hydrogens is 937 g/mol. The maximum atomic E-state index is 9.97. The summed E-state index contributed by atoms with van der Waals surface area (Å²) in [6, 6.07) is 7.50. The molecule has 0 amide bonds. The van der Waals surface area contributed by atoms with Crippen LogP contribution in [-0.4, -0.2) is 191 Å². The van der Waals surface area contributed by atoms with Gasteiger partial charge in [-0.05, 0) is 79.7 Å². The average Bonchev–Trinajstić information content (AvgIpc) is 4.12. The SMILES string of the molecule is CC(OCCO)C1=C(C(C)OCCO)c2cc3[nH]c(cc4[nH]c(cc5nc(cc1n2)C(C(C)OCCO)=C5C(C)OCCO)c(C(C)OCCO)c4C(C)OCCO)c(C(C)OCCO)c3C(C)OCCO. The van der Waals surface area contributed by atoms with Gasteiger partial charge in [-0.2, -0.15) is 0 Å². The number of H-pyrrole nitrogens is 2. The predicted octanol–water partition coefficient (Wildman–Crippen LogP) is 4.01. The number of fused-ring (bicyclic) bond motifs is 8. The summed E-state index contributed by atoms with van der Waals surface area (Å²) in [4.78, 5) is 18.0. The molecule has 8 bridgehead atoms. The Morgan fingerprint density at radius 3 is 0.722 bits per heavy atom. The number of hydrogen-bond donors (Lipinski definition) is 10. The van der Waals surface area contributed by atoms with E-state index in [9.17, 15) is 40.9 Å². The highest BCUT2D eigenvalue weighted by Crippen LogP contribution is 2.44. The minimum Gasteiger partial charge on any atom is -0.394 e. The van der Waals surface area contributed by atoms with Crippen LogP contribution in [0.2, 0.25) is 0 Å². The van der Waals surface area contributed by atoms with Gasteiger partial charge in [0.1, 0.15) is 0 Å². The van der Waals surface area contributed by atoms with Crippen LogP contribution in [-0.2, 0) is 37.9 Å². The van der Waals surface area contributed by atoms with Gasteiger partial charge in [-0.25, -0.2) is 9.97 Å². The van der Waals surface area contributed by atoms with Crippen molar-refractivity contribution in [2.24, 2.45) is 0 Å². The van der Waals surface area contributed by atoms with Crippen LogP contribution >= 0.6 is 0 Å². The van der Waals surface area contributed by atoms with E-state index in [1.165, 1.54) is 0 Å². The van der Waals surface area contributed by atoms with Gasteiger partial charge in [-0.3, -0.25) is 0 Å². The maximum absolute atomic E-state index is 9.97. The number of nitrogens with zero attached hydrogens (tertiary/aromatic N) is 2. The normalized spacial score (nSPS) is 16.6. The number of nitrogens with one attached hydrogen (secondary N) is 2. The Labute approximate surface area is 421 Å². The van der Waals surface area contributed by atoms with Crippen LogP contribution in [0.5, 0.6) is 0 Å². The van der Waals surface area contributed by atoms with Crippen LogP contribution in [0, 0.1) is 0 Å². The molecule has 0 saturated carbocycles. The quantitative estimate of drug-likeness (QED) is 0.0423. The first-order valence-electron chi connectivity index (χ1n) is 24.9. The number of ether oxygens (including phenoxy) is 8. The van der Waals surface area contributed by atoms with Gasteiger partial charge >= 0.3 is 0 Å². The zero-order valence-corrected chi connectivity index (χ0v) is 43.0. The Hall–Kier alpha value is -4.04. The van der Waals surface area contributed by atoms with Crippen LogP contribution in [0.4, 0.5) is 0 Å². The van der Waals surface area contributed by atoms with Gasteiger partial charge < -0.3 is 88.7 Å². The van der Waals surface area contributed by atoms with Crippen LogP contribution in [0.1, 0.15) is 125 Å². The Balaban J connectivity index is 2.18. The first-order valence-corrected chi connectivity index (χ1v) is 24.9. The first-order chi connectivity index (χ1) is 34.7. The van der Waals surface area contributed by atoms with Crippen molar-refractivity contribution < 1.29 is 78.7 Å². The Kier molecular flexibility index (Phi) is 23.8. The standard InChI is InChI=1S/C52H78N4O16/c1-29(65-17-9-57)45-37-25-39-47(31(3)67-19-11-59)49(33(5)69-21-13-61)41(54-39)27-43-51(35(7)71-23-15-63)52(36(8)72-24-16-64)44(56-43)28-42-50(34(6)70-22-14-62)48(32(4)68-20-12-60)40(55-42)26-38(53-37)46(45)30(2)66-18-10-58/h25-36,53-54,57-64H,9-24H2,1-8H3. The van der Waals surface area contributed by atoms with Crippen molar-refractivity contribution in [1.29, 1.82) is 0 Å². The number of aliphatic hydroxyl groups is 8. The molecule has 8 atom stereocenters. The first kappa shape index (κ1) is 58.8. The summed E-state index contributed by atoms with van der Waals surface area (Å²) in [6.07, 6.45) is -5.30. The molecule has 3 aromatic heterocycles. The molecule has 72 heavy (non-hydrogen) atoms. The van der Waals surface area contributed by atoms with E-state index in [0.717, 1.165) is 0 Å². The second-order valence-electron chi connectivity index (χ2n) is 17.4. The highest BCUT2D eigenvalue weighted by Gasteiger charge is 2.34. The molecule has 20 heteroatoms. The summed E-state index contributed by atoms with van der Waals surface area (Å²) in [5.74, 6) is 0. The second kappa shape index (κ2) is 29.2. The third-order valence-electron chi connectivity index (χ3n) is 12.5. The molecule has 0 radical (unpaired) electrons. The number of rotatable bonds is 32. The van der Waals surface area contributed by atoms with E-state index in [1.54, 1.807) is 0 Å². The molecule has 2 aliphatic heterocycles. The summed E-state index contributed by atoms with van der Waals surface area (Å²) in [6.45, 7) is 13.0. The van der Waals surface area contributed by atoms with Crippen LogP contribution in [0.3, 0.4) is 0 Å². The molecule has 20 nitrogen and oxygen atoms in total. The van der Waals surface area contributed by atoms with Gasteiger partial charge in [0.15, 0.2) is 0 Å². The smallest absolute Gasteiger partial charge is 0.0823 e. The minimum absolute atomic E-state index is 0.00613. The number of aliphatic hydroxyl groups excluding tert-OH is 8. The van der Waals surface area contributed by atoms with Crippen molar-refractivity contribution in [3.8, 4) is 0 Å². The fourth-order valence-electron chi connectivity index (χ4n) is 9.60. The second-order valence-corrected chi connectivity index (χ2v) is 17.4. The molecule has 3 aromatic rings. The number of aromatic amines is 2. The lowest BCUT2D eigenvalue weighted by atomic mass is 9.93. The highest BCUT2D eigenvalue weighted by atomic mass is 16.5. The van der Waals surface area contributed by atoms with Crippen molar-refractivity contribution in [2.75, 3.05) is 106 Å². The molecule has 0 aliphatic carbocycles. The molecular formula is C52H78N4O16. The molecule has 0 spiro atoms.